The summed E-state index contributed by atoms with van der Waals surface area (Å²) in [7, 11) is 1.37. The van der Waals surface area contributed by atoms with Crippen LogP contribution in [-0.4, -0.2) is 21.5 Å². The summed E-state index contributed by atoms with van der Waals surface area (Å²) < 4.78 is 47.8. The SMILES string of the molecule is COc1cccc(-n2c(=O)c(Cc3ccccc3C(F)(F)F)nn(CC(N)c3ccccc3)c2=O)c1Cl. The number of ether oxygens (including phenoxy) is 1. The molecule has 7 nitrogen and oxygen atoms in total. The Morgan fingerprint density at radius 2 is 1.68 bits per heavy atom. The minimum absolute atomic E-state index is 0.00538. The van der Waals surface area contributed by atoms with E-state index in [9.17, 15) is 22.8 Å². The summed E-state index contributed by atoms with van der Waals surface area (Å²) in [6.45, 7) is -0.140. The first-order chi connectivity index (χ1) is 17.6. The van der Waals surface area contributed by atoms with Crippen LogP contribution in [0.5, 0.6) is 5.75 Å². The third-order valence-electron chi connectivity index (χ3n) is 5.79. The molecule has 192 valence electrons. The van der Waals surface area contributed by atoms with Gasteiger partial charge >= 0.3 is 11.9 Å². The van der Waals surface area contributed by atoms with Crippen molar-refractivity contribution in [2.24, 2.45) is 5.73 Å². The number of methoxy groups -OCH3 is 1. The van der Waals surface area contributed by atoms with Crippen molar-refractivity contribution >= 4 is 11.6 Å². The molecule has 0 aliphatic rings. The molecule has 1 heterocycles. The van der Waals surface area contributed by atoms with Crippen molar-refractivity contribution in [2.75, 3.05) is 7.11 Å². The highest BCUT2D eigenvalue weighted by Crippen LogP contribution is 2.33. The summed E-state index contributed by atoms with van der Waals surface area (Å²) in [5.74, 6) is 0.207. The van der Waals surface area contributed by atoms with Crippen LogP contribution in [0.15, 0.2) is 82.4 Å². The summed E-state index contributed by atoms with van der Waals surface area (Å²) in [5, 5.41) is 4.15. The number of nitrogens with two attached hydrogens (primary N) is 1. The minimum Gasteiger partial charge on any atom is -0.495 e. The van der Waals surface area contributed by atoms with Gasteiger partial charge in [-0.15, -0.1) is 0 Å². The highest BCUT2D eigenvalue weighted by Gasteiger charge is 2.33. The molecule has 11 heteroatoms. The van der Waals surface area contributed by atoms with Crippen molar-refractivity contribution in [1.82, 2.24) is 14.3 Å². The first kappa shape index (κ1) is 26.2. The molecule has 0 saturated carbocycles. The Hall–Kier alpha value is -3.89. The summed E-state index contributed by atoms with van der Waals surface area (Å²) in [5.41, 5.74) is 3.91. The van der Waals surface area contributed by atoms with E-state index in [0.29, 0.717) is 5.56 Å². The molecule has 0 aliphatic carbocycles. The van der Waals surface area contributed by atoms with Crippen LogP contribution in [-0.2, 0) is 19.1 Å². The number of rotatable bonds is 7. The Balaban J connectivity index is 1.91. The van der Waals surface area contributed by atoms with E-state index in [2.05, 4.69) is 5.10 Å². The maximum Gasteiger partial charge on any atom is 0.416 e. The number of aromatic nitrogens is 3. The molecular weight excluding hydrogens is 509 g/mol. The molecule has 0 fully saturated rings. The van der Waals surface area contributed by atoms with E-state index in [1.54, 1.807) is 30.3 Å². The van der Waals surface area contributed by atoms with Gasteiger partial charge in [-0.05, 0) is 29.3 Å². The van der Waals surface area contributed by atoms with Crippen LogP contribution in [0.3, 0.4) is 0 Å². The fourth-order valence-electron chi connectivity index (χ4n) is 3.96. The predicted molar refractivity (Wildman–Crippen MR) is 133 cm³/mol. The normalized spacial score (nSPS) is 12.4. The van der Waals surface area contributed by atoms with Gasteiger partial charge in [-0.3, -0.25) is 4.79 Å². The van der Waals surface area contributed by atoms with Crippen LogP contribution >= 0.6 is 11.6 Å². The molecule has 0 amide bonds. The molecule has 3 aromatic carbocycles. The van der Waals surface area contributed by atoms with Crippen LogP contribution in [0, 0.1) is 0 Å². The molecule has 0 bridgehead atoms. The average molecular weight is 531 g/mol. The lowest BCUT2D eigenvalue weighted by Gasteiger charge is -2.18. The molecule has 1 unspecified atom stereocenters. The maximum absolute atomic E-state index is 13.6. The van der Waals surface area contributed by atoms with Crippen LogP contribution < -0.4 is 21.7 Å². The lowest BCUT2D eigenvalue weighted by molar-refractivity contribution is -0.138. The van der Waals surface area contributed by atoms with Crippen molar-refractivity contribution in [3.8, 4) is 11.4 Å². The molecular formula is C26H22ClF3N4O3. The zero-order valence-corrected chi connectivity index (χ0v) is 20.3. The van der Waals surface area contributed by atoms with Gasteiger partial charge in [-0.25, -0.2) is 14.0 Å². The minimum atomic E-state index is -4.64. The first-order valence-electron chi connectivity index (χ1n) is 11.1. The van der Waals surface area contributed by atoms with Crippen molar-refractivity contribution in [1.29, 1.82) is 0 Å². The average Bonchev–Trinajstić information content (AvgIpc) is 2.88. The first-order valence-corrected chi connectivity index (χ1v) is 11.5. The van der Waals surface area contributed by atoms with Crippen LogP contribution in [0.25, 0.3) is 5.69 Å². The lowest BCUT2D eigenvalue weighted by atomic mass is 10.0. The predicted octanol–water partition coefficient (Wildman–Crippen LogP) is 4.37. The number of hydrogen-bond donors (Lipinski definition) is 1. The molecule has 37 heavy (non-hydrogen) atoms. The molecule has 2 N–H and O–H groups in total. The van der Waals surface area contributed by atoms with Crippen molar-refractivity contribution < 1.29 is 17.9 Å². The highest BCUT2D eigenvalue weighted by molar-refractivity contribution is 6.33. The topological polar surface area (TPSA) is 92.1 Å². The van der Waals surface area contributed by atoms with Gasteiger partial charge in [0, 0.05) is 12.5 Å². The molecule has 0 radical (unpaired) electrons. The van der Waals surface area contributed by atoms with Gasteiger partial charge in [0.15, 0.2) is 0 Å². The van der Waals surface area contributed by atoms with E-state index < -0.39 is 35.5 Å². The number of alkyl halides is 3. The van der Waals surface area contributed by atoms with Gasteiger partial charge in [0.2, 0.25) is 0 Å². The molecule has 4 aromatic rings. The number of hydrogen-bond acceptors (Lipinski definition) is 5. The van der Waals surface area contributed by atoms with E-state index in [1.807, 2.05) is 6.07 Å². The van der Waals surface area contributed by atoms with E-state index in [0.717, 1.165) is 15.3 Å². The number of halogens is 4. The van der Waals surface area contributed by atoms with E-state index >= 15 is 0 Å². The Morgan fingerprint density at radius 3 is 2.35 bits per heavy atom. The summed E-state index contributed by atoms with van der Waals surface area (Å²) in [6, 6.07) is 17.6. The summed E-state index contributed by atoms with van der Waals surface area (Å²) in [4.78, 5) is 27.0. The summed E-state index contributed by atoms with van der Waals surface area (Å²) >= 11 is 6.41. The molecule has 1 atom stereocenters. The lowest BCUT2D eigenvalue weighted by Crippen LogP contribution is -2.44. The molecule has 0 aliphatic heterocycles. The number of benzene rings is 3. The van der Waals surface area contributed by atoms with Crippen LogP contribution in [0.4, 0.5) is 13.2 Å². The monoisotopic (exact) mass is 530 g/mol. The molecule has 4 rings (SSSR count). The van der Waals surface area contributed by atoms with Crippen LogP contribution in [0.1, 0.15) is 28.4 Å². The maximum atomic E-state index is 13.6. The smallest absolute Gasteiger partial charge is 0.416 e. The van der Waals surface area contributed by atoms with Gasteiger partial charge in [-0.2, -0.15) is 18.3 Å². The quantitative estimate of drug-likeness (QED) is 0.383. The third-order valence-corrected chi connectivity index (χ3v) is 6.17. The highest BCUT2D eigenvalue weighted by atomic mass is 35.5. The van der Waals surface area contributed by atoms with E-state index in [4.69, 9.17) is 22.1 Å². The van der Waals surface area contributed by atoms with Crippen molar-refractivity contribution in [3.05, 3.63) is 121 Å². The Kier molecular flexibility index (Phi) is 7.51. The Labute approximate surface area is 214 Å². The zero-order valence-electron chi connectivity index (χ0n) is 19.6. The standard InChI is InChI=1S/C26H22ClF3N4O3/c1-37-22-13-7-12-21(23(22)27)34-24(35)20(14-17-10-5-6-11-18(17)26(28,29)30)32-33(25(34)36)15-19(31)16-8-3-2-4-9-16/h2-13,19H,14-15,31H2,1H3. The molecule has 1 aromatic heterocycles. The van der Waals surface area contributed by atoms with Gasteiger partial charge in [0.05, 0.1) is 24.9 Å². The Bertz CT molecular complexity index is 1540. The second kappa shape index (κ2) is 10.6. The van der Waals surface area contributed by atoms with Crippen LogP contribution in [0.2, 0.25) is 5.02 Å². The van der Waals surface area contributed by atoms with Gasteiger partial charge in [-0.1, -0.05) is 66.2 Å². The molecule has 0 spiro atoms. The van der Waals surface area contributed by atoms with Gasteiger partial charge < -0.3 is 10.5 Å². The Morgan fingerprint density at radius 1 is 1.00 bits per heavy atom. The van der Waals surface area contributed by atoms with Gasteiger partial charge in [0.1, 0.15) is 16.5 Å². The molecule has 0 saturated heterocycles. The van der Waals surface area contributed by atoms with Crippen molar-refractivity contribution in [3.63, 3.8) is 0 Å². The van der Waals surface area contributed by atoms with Crippen molar-refractivity contribution in [2.45, 2.75) is 25.2 Å². The van der Waals surface area contributed by atoms with Gasteiger partial charge in [0.25, 0.3) is 5.56 Å². The second-order valence-electron chi connectivity index (χ2n) is 8.19. The van der Waals surface area contributed by atoms with E-state index in [-0.39, 0.29) is 34.3 Å². The summed E-state index contributed by atoms with van der Waals surface area (Å²) in [6.07, 6.45) is -5.12. The number of nitrogens with zero attached hydrogens (tertiary/aromatic N) is 3. The van der Waals surface area contributed by atoms with E-state index in [1.165, 1.54) is 37.4 Å². The largest absolute Gasteiger partial charge is 0.495 e. The fraction of sp³-hybridized carbons (Fsp3) is 0.192. The zero-order chi connectivity index (χ0) is 26.7. The second-order valence-corrected chi connectivity index (χ2v) is 8.57. The third kappa shape index (κ3) is 5.45. The fourth-order valence-corrected chi connectivity index (χ4v) is 4.25.